The molecule has 0 bridgehead atoms. The zero-order valence-electron chi connectivity index (χ0n) is 14.4. The summed E-state index contributed by atoms with van der Waals surface area (Å²) in [6, 6.07) is 11.3. The number of halogens is 1. The number of nitrogens with one attached hydrogen (secondary N) is 1. The quantitative estimate of drug-likeness (QED) is 0.512. The van der Waals surface area contributed by atoms with Crippen LogP contribution < -0.4 is 0 Å². The summed E-state index contributed by atoms with van der Waals surface area (Å²) in [6.07, 6.45) is 1.95. The molecule has 0 saturated carbocycles. The van der Waals surface area contributed by atoms with Crippen LogP contribution in [0, 0.1) is 0 Å². The second-order valence-corrected chi connectivity index (χ2v) is 7.19. The topological polar surface area (TPSA) is 79.5 Å². The van der Waals surface area contributed by atoms with Crippen LogP contribution in [-0.2, 0) is 16.0 Å². The Morgan fingerprint density at radius 1 is 1.15 bits per heavy atom. The Bertz CT molecular complexity index is 1050. The summed E-state index contributed by atoms with van der Waals surface area (Å²) in [4.78, 5) is 42.2. The summed E-state index contributed by atoms with van der Waals surface area (Å²) in [6.45, 7) is 0. The molecule has 4 rings (SSSR count). The second-order valence-electron chi connectivity index (χ2n) is 6.27. The van der Waals surface area contributed by atoms with E-state index in [4.69, 9.17) is 4.74 Å². The summed E-state index contributed by atoms with van der Waals surface area (Å²) >= 11 is 3.42. The maximum Gasteiger partial charge on any atom is 0.329 e. The van der Waals surface area contributed by atoms with Gasteiger partial charge in [-0.15, -0.1) is 0 Å². The van der Waals surface area contributed by atoms with E-state index in [1.165, 1.54) is 7.11 Å². The minimum absolute atomic E-state index is 0.166. The molecular formula is C20H15BrN2O4. The zero-order chi connectivity index (χ0) is 19.1. The van der Waals surface area contributed by atoms with Gasteiger partial charge in [-0.25, -0.2) is 4.79 Å². The van der Waals surface area contributed by atoms with Gasteiger partial charge < -0.3 is 9.72 Å². The first-order valence-electron chi connectivity index (χ1n) is 8.31. The van der Waals surface area contributed by atoms with E-state index in [-0.39, 0.29) is 6.42 Å². The molecule has 1 aliphatic heterocycles. The van der Waals surface area contributed by atoms with Gasteiger partial charge in [0.15, 0.2) is 0 Å². The third kappa shape index (κ3) is 2.84. The van der Waals surface area contributed by atoms with Crippen molar-refractivity contribution >= 4 is 44.6 Å². The predicted molar refractivity (Wildman–Crippen MR) is 102 cm³/mol. The Morgan fingerprint density at radius 3 is 2.44 bits per heavy atom. The number of hydrogen-bond acceptors (Lipinski definition) is 4. The van der Waals surface area contributed by atoms with Gasteiger partial charge >= 0.3 is 5.97 Å². The van der Waals surface area contributed by atoms with Crippen LogP contribution in [0.5, 0.6) is 0 Å². The number of imide groups is 1. The lowest BCUT2D eigenvalue weighted by atomic mass is 10.0. The van der Waals surface area contributed by atoms with Gasteiger partial charge in [0, 0.05) is 28.0 Å². The summed E-state index contributed by atoms with van der Waals surface area (Å²) in [5.74, 6) is -1.59. The minimum atomic E-state index is -1.04. The number of fused-ring (bicyclic) bond motifs is 2. The Labute approximate surface area is 163 Å². The predicted octanol–water partition coefficient (Wildman–Crippen LogP) is 3.31. The highest BCUT2D eigenvalue weighted by Crippen LogP contribution is 2.29. The summed E-state index contributed by atoms with van der Waals surface area (Å²) in [5, 5.41) is 0.920. The lowest BCUT2D eigenvalue weighted by molar-refractivity contribution is -0.145. The van der Waals surface area contributed by atoms with Gasteiger partial charge in [-0.1, -0.05) is 34.1 Å². The van der Waals surface area contributed by atoms with E-state index >= 15 is 0 Å². The van der Waals surface area contributed by atoms with E-state index in [1.807, 2.05) is 18.2 Å². The van der Waals surface area contributed by atoms with E-state index in [1.54, 1.807) is 30.5 Å². The molecule has 2 aromatic carbocycles. The normalized spacial score (nSPS) is 14.5. The van der Waals surface area contributed by atoms with Crippen LogP contribution in [-0.4, -0.2) is 40.8 Å². The van der Waals surface area contributed by atoms with Crippen molar-refractivity contribution in [2.24, 2.45) is 0 Å². The van der Waals surface area contributed by atoms with E-state index in [2.05, 4.69) is 20.9 Å². The van der Waals surface area contributed by atoms with E-state index < -0.39 is 23.8 Å². The first kappa shape index (κ1) is 17.5. The number of methoxy groups -OCH3 is 1. The van der Waals surface area contributed by atoms with Gasteiger partial charge in [-0.3, -0.25) is 14.5 Å². The van der Waals surface area contributed by atoms with Gasteiger partial charge in [0.25, 0.3) is 11.8 Å². The van der Waals surface area contributed by atoms with Crippen molar-refractivity contribution in [3.05, 3.63) is 69.8 Å². The fourth-order valence-corrected chi connectivity index (χ4v) is 3.80. The highest BCUT2D eigenvalue weighted by molar-refractivity contribution is 9.10. The van der Waals surface area contributed by atoms with Crippen LogP contribution in [0.1, 0.15) is 26.3 Å². The summed E-state index contributed by atoms with van der Waals surface area (Å²) in [7, 11) is 1.25. The van der Waals surface area contributed by atoms with Crippen LogP contribution >= 0.6 is 15.9 Å². The van der Waals surface area contributed by atoms with Crippen molar-refractivity contribution in [1.82, 2.24) is 9.88 Å². The molecule has 0 fully saturated rings. The van der Waals surface area contributed by atoms with Crippen molar-refractivity contribution in [2.45, 2.75) is 12.5 Å². The molecule has 1 aliphatic rings. The largest absolute Gasteiger partial charge is 0.467 e. The van der Waals surface area contributed by atoms with Crippen molar-refractivity contribution in [2.75, 3.05) is 7.11 Å². The average molecular weight is 427 g/mol. The highest BCUT2D eigenvalue weighted by atomic mass is 79.9. The molecule has 6 nitrogen and oxygen atoms in total. The Morgan fingerprint density at radius 2 is 1.81 bits per heavy atom. The number of hydrogen-bond donors (Lipinski definition) is 1. The number of rotatable bonds is 4. The maximum absolute atomic E-state index is 12.8. The third-order valence-corrected chi connectivity index (χ3v) is 5.25. The molecule has 7 heteroatoms. The van der Waals surface area contributed by atoms with Gasteiger partial charge in [-0.05, 0) is 29.8 Å². The number of carbonyl (C=O) groups excluding carboxylic acids is 3. The van der Waals surface area contributed by atoms with Gasteiger partial charge in [-0.2, -0.15) is 0 Å². The Kier molecular flexibility index (Phi) is 4.31. The molecule has 1 atom stereocenters. The molecule has 2 amide bonds. The van der Waals surface area contributed by atoms with Crippen LogP contribution in [0.25, 0.3) is 10.9 Å². The van der Waals surface area contributed by atoms with Crippen molar-refractivity contribution in [3.63, 3.8) is 0 Å². The molecule has 3 aromatic rings. The summed E-state index contributed by atoms with van der Waals surface area (Å²) in [5.41, 5.74) is 2.33. The van der Waals surface area contributed by atoms with Crippen molar-refractivity contribution in [3.8, 4) is 0 Å². The van der Waals surface area contributed by atoms with Gasteiger partial charge in [0.1, 0.15) is 6.04 Å². The highest BCUT2D eigenvalue weighted by Gasteiger charge is 2.43. The molecule has 1 N–H and O–H groups in total. The fraction of sp³-hybridized carbons (Fsp3) is 0.150. The van der Waals surface area contributed by atoms with Crippen LogP contribution in [0.2, 0.25) is 0 Å². The molecule has 2 heterocycles. The number of aromatic amines is 1. The molecule has 1 aromatic heterocycles. The molecule has 0 spiro atoms. The first-order chi connectivity index (χ1) is 13.0. The molecule has 27 heavy (non-hydrogen) atoms. The monoisotopic (exact) mass is 426 g/mol. The Hall–Kier alpha value is -2.93. The van der Waals surface area contributed by atoms with E-state index in [0.29, 0.717) is 11.1 Å². The van der Waals surface area contributed by atoms with Crippen LogP contribution in [0.15, 0.2) is 53.1 Å². The number of nitrogens with zero attached hydrogens (tertiary/aromatic N) is 1. The minimum Gasteiger partial charge on any atom is -0.467 e. The standard InChI is InChI=1S/C20H15BrN2O4/c1-27-20(26)17(8-11-10-22-16-9-12(21)6-7-13(11)16)23-18(24)14-4-2-3-5-15(14)19(23)25/h2-7,9-10,17,22H,8H2,1H3/t17-/m0/s1. The molecule has 0 saturated heterocycles. The SMILES string of the molecule is COC(=O)[C@H](Cc1c[nH]c2cc(Br)ccc12)N1C(=O)c2ccccc2C1=O. The smallest absolute Gasteiger partial charge is 0.329 e. The average Bonchev–Trinajstić information content (AvgIpc) is 3.18. The second kappa shape index (κ2) is 6.66. The first-order valence-corrected chi connectivity index (χ1v) is 9.11. The molecule has 0 aliphatic carbocycles. The summed E-state index contributed by atoms with van der Waals surface area (Å²) < 4.78 is 5.82. The number of benzene rings is 2. The molecular weight excluding hydrogens is 412 g/mol. The Balaban J connectivity index is 1.73. The van der Waals surface area contributed by atoms with Crippen molar-refractivity contribution < 1.29 is 19.1 Å². The number of amides is 2. The number of H-pyrrole nitrogens is 1. The molecule has 136 valence electrons. The number of aromatic nitrogens is 1. The molecule has 0 unspecified atom stereocenters. The third-order valence-electron chi connectivity index (χ3n) is 4.75. The number of carbonyl (C=O) groups is 3. The van der Waals surface area contributed by atoms with E-state index in [0.717, 1.165) is 25.8 Å². The lowest BCUT2D eigenvalue weighted by Crippen LogP contribution is -2.46. The zero-order valence-corrected chi connectivity index (χ0v) is 15.9. The van der Waals surface area contributed by atoms with Crippen LogP contribution in [0.3, 0.4) is 0 Å². The van der Waals surface area contributed by atoms with Gasteiger partial charge in [0.05, 0.1) is 18.2 Å². The van der Waals surface area contributed by atoms with E-state index in [9.17, 15) is 14.4 Å². The maximum atomic E-state index is 12.8. The fourth-order valence-electron chi connectivity index (χ4n) is 3.44. The number of ether oxygens (including phenoxy) is 1. The van der Waals surface area contributed by atoms with Crippen molar-refractivity contribution in [1.29, 1.82) is 0 Å². The van der Waals surface area contributed by atoms with Crippen LogP contribution in [0.4, 0.5) is 0 Å². The lowest BCUT2D eigenvalue weighted by Gasteiger charge is -2.23. The number of esters is 1. The molecule has 0 radical (unpaired) electrons. The van der Waals surface area contributed by atoms with Gasteiger partial charge in [0.2, 0.25) is 0 Å².